The zero-order chi connectivity index (χ0) is 21.2. The van der Waals surface area contributed by atoms with Crippen molar-refractivity contribution in [3.05, 3.63) is 35.9 Å². The summed E-state index contributed by atoms with van der Waals surface area (Å²) in [7, 11) is 0. The number of aliphatic hydroxyl groups excluding tert-OH is 1. The molecule has 1 rings (SSSR count). The quantitative estimate of drug-likeness (QED) is 0.205. The molecule has 29 heavy (non-hydrogen) atoms. The molecule has 0 fully saturated rings. The highest BCUT2D eigenvalue weighted by atomic mass is 35.5. The predicted molar refractivity (Wildman–Crippen MR) is 123 cm³/mol. The fourth-order valence-electron chi connectivity index (χ4n) is 3.20. The van der Waals surface area contributed by atoms with Crippen LogP contribution in [0.3, 0.4) is 0 Å². The van der Waals surface area contributed by atoms with Crippen LogP contribution in [0, 0.1) is 11.8 Å². The molecule has 0 saturated carbocycles. The Morgan fingerprint density at radius 3 is 2.07 bits per heavy atom. The van der Waals surface area contributed by atoms with Crippen molar-refractivity contribution >= 4 is 17.5 Å². The number of benzene rings is 1. The molecular formula is C25H38ClNO2. The van der Waals surface area contributed by atoms with Gasteiger partial charge in [-0.2, -0.15) is 0 Å². The molecule has 162 valence electrons. The van der Waals surface area contributed by atoms with E-state index in [4.69, 9.17) is 11.6 Å². The van der Waals surface area contributed by atoms with Crippen LogP contribution in [0.25, 0.3) is 0 Å². The first-order valence-corrected chi connectivity index (χ1v) is 11.7. The minimum absolute atomic E-state index is 0.236. The van der Waals surface area contributed by atoms with E-state index in [0.29, 0.717) is 5.56 Å². The van der Waals surface area contributed by atoms with E-state index in [0.717, 1.165) is 12.8 Å². The van der Waals surface area contributed by atoms with Crippen LogP contribution in [0.4, 0.5) is 0 Å². The van der Waals surface area contributed by atoms with E-state index in [1.165, 1.54) is 64.2 Å². The van der Waals surface area contributed by atoms with E-state index in [1.54, 1.807) is 24.3 Å². The summed E-state index contributed by atoms with van der Waals surface area (Å²) in [5.74, 6) is 5.82. The lowest BCUT2D eigenvalue weighted by molar-refractivity contribution is 0.0919. The summed E-state index contributed by atoms with van der Waals surface area (Å²) in [6.07, 6.45) is 15.3. The van der Waals surface area contributed by atoms with Crippen molar-refractivity contribution in [3.63, 3.8) is 0 Å². The minimum Gasteiger partial charge on any atom is -0.394 e. The van der Waals surface area contributed by atoms with Crippen LogP contribution in [0.5, 0.6) is 0 Å². The molecule has 0 spiro atoms. The number of aliphatic hydroxyl groups is 1. The number of carbonyl (C=O) groups excluding carboxylic acids is 1. The molecule has 0 aliphatic heterocycles. The number of alkyl halides is 1. The summed E-state index contributed by atoms with van der Waals surface area (Å²) < 4.78 is 0. The molecule has 0 aromatic heterocycles. The summed E-state index contributed by atoms with van der Waals surface area (Å²) >= 11 is 6.27. The highest BCUT2D eigenvalue weighted by Gasteiger charge is 2.19. The average Bonchev–Trinajstić information content (AvgIpc) is 2.75. The molecule has 0 aliphatic rings. The lowest BCUT2D eigenvalue weighted by Crippen LogP contribution is -2.43. The van der Waals surface area contributed by atoms with Crippen molar-refractivity contribution in [2.24, 2.45) is 0 Å². The fourth-order valence-corrected chi connectivity index (χ4v) is 3.42. The van der Waals surface area contributed by atoms with E-state index < -0.39 is 11.4 Å². The van der Waals surface area contributed by atoms with Crippen molar-refractivity contribution in [1.82, 2.24) is 5.32 Å². The molecule has 2 atom stereocenters. The van der Waals surface area contributed by atoms with Gasteiger partial charge in [-0.15, -0.1) is 17.5 Å². The maximum absolute atomic E-state index is 12.2. The Hall–Kier alpha value is -1.50. The summed E-state index contributed by atoms with van der Waals surface area (Å²) in [5.41, 5.74) is 0.545. The van der Waals surface area contributed by atoms with Crippen molar-refractivity contribution in [1.29, 1.82) is 0 Å². The van der Waals surface area contributed by atoms with E-state index in [2.05, 4.69) is 24.1 Å². The Kier molecular flexibility index (Phi) is 15.3. The Morgan fingerprint density at radius 2 is 1.52 bits per heavy atom. The molecule has 4 heteroatoms. The zero-order valence-corrected chi connectivity index (χ0v) is 18.7. The zero-order valence-electron chi connectivity index (χ0n) is 18.0. The van der Waals surface area contributed by atoms with Crippen LogP contribution in [0.1, 0.15) is 94.3 Å². The van der Waals surface area contributed by atoms with Crippen LogP contribution in [-0.2, 0) is 0 Å². The SMILES string of the molecule is CCCCCCCCCCCCCC#C[C@@H](Cl)[C@H](CO)NC(=O)c1ccccc1. The maximum Gasteiger partial charge on any atom is 0.251 e. The number of nitrogens with one attached hydrogen (secondary N) is 1. The number of halogens is 1. The largest absolute Gasteiger partial charge is 0.394 e. The maximum atomic E-state index is 12.2. The van der Waals surface area contributed by atoms with Crippen molar-refractivity contribution in [3.8, 4) is 11.8 Å². The third kappa shape index (κ3) is 12.6. The van der Waals surface area contributed by atoms with E-state index in [9.17, 15) is 9.90 Å². The topological polar surface area (TPSA) is 49.3 Å². The highest BCUT2D eigenvalue weighted by molar-refractivity contribution is 6.23. The lowest BCUT2D eigenvalue weighted by Gasteiger charge is -2.17. The molecule has 0 bridgehead atoms. The van der Waals surface area contributed by atoms with E-state index >= 15 is 0 Å². The molecule has 2 N–H and O–H groups in total. The number of unbranched alkanes of at least 4 members (excludes halogenated alkanes) is 11. The Morgan fingerprint density at radius 1 is 0.966 bits per heavy atom. The smallest absolute Gasteiger partial charge is 0.251 e. The van der Waals surface area contributed by atoms with Gasteiger partial charge in [-0.25, -0.2) is 0 Å². The average molecular weight is 420 g/mol. The summed E-state index contributed by atoms with van der Waals surface area (Å²) in [4.78, 5) is 12.2. The van der Waals surface area contributed by atoms with Crippen LogP contribution in [0.15, 0.2) is 30.3 Å². The lowest BCUT2D eigenvalue weighted by atomic mass is 10.1. The standard InChI is InChI=1S/C25H38ClNO2/c1-2-3-4-5-6-7-8-9-10-11-12-13-17-20-23(26)24(21-28)27-25(29)22-18-15-14-16-19-22/h14-16,18-19,23-24,28H,2-13,21H2,1H3,(H,27,29)/t23-,24+/m1/s1. The molecule has 0 heterocycles. The van der Waals surface area contributed by atoms with Crippen LogP contribution in [-0.4, -0.2) is 29.0 Å². The molecule has 1 aromatic rings. The van der Waals surface area contributed by atoms with Crippen molar-refractivity contribution in [2.45, 2.75) is 95.4 Å². The van der Waals surface area contributed by atoms with Gasteiger partial charge >= 0.3 is 0 Å². The van der Waals surface area contributed by atoms with Gasteiger partial charge in [-0.05, 0) is 18.6 Å². The molecule has 1 amide bonds. The Labute approximate surface area is 182 Å². The van der Waals surface area contributed by atoms with Crippen LogP contribution < -0.4 is 5.32 Å². The molecule has 1 aromatic carbocycles. The van der Waals surface area contributed by atoms with Gasteiger partial charge < -0.3 is 10.4 Å². The van der Waals surface area contributed by atoms with Crippen LogP contribution >= 0.6 is 11.6 Å². The van der Waals surface area contributed by atoms with Crippen molar-refractivity contribution < 1.29 is 9.90 Å². The number of amides is 1. The Balaban J connectivity index is 2.12. The van der Waals surface area contributed by atoms with Gasteiger partial charge in [0.25, 0.3) is 5.91 Å². The highest BCUT2D eigenvalue weighted by Crippen LogP contribution is 2.12. The molecule has 0 saturated heterocycles. The molecule has 0 radical (unpaired) electrons. The molecule has 3 nitrogen and oxygen atoms in total. The van der Waals surface area contributed by atoms with Crippen molar-refractivity contribution in [2.75, 3.05) is 6.61 Å². The number of hydrogen-bond acceptors (Lipinski definition) is 2. The van der Waals surface area contributed by atoms with Crippen LogP contribution in [0.2, 0.25) is 0 Å². The second-order valence-electron chi connectivity index (χ2n) is 7.64. The molecule has 0 aliphatic carbocycles. The van der Waals surface area contributed by atoms with Gasteiger partial charge in [0.2, 0.25) is 0 Å². The molecule has 0 unspecified atom stereocenters. The third-order valence-electron chi connectivity index (χ3n) is 5.05. The first-order valence-electron chi connectivity index (χ1n) is 11.3. The van der Waals surface area contributed by atoms with Gasteiger partial charge in [0.05, 0.1) is 12.6 Å². The van der Waals surface area contributed by atoms with Gasteiger partial charge in [-0.1, -0.05) is 95.3 Å². The normalized spacial score (nSPS) is 12.7. The fraction of sp³-hybridized carbons (Fsp3) is 0.640. The second-order valence-corrected chi connectivity index (χ2v) is 8.11. The van der Waals surface area contributed by atoms with Gasteiger partial charge in [0, 0.05) is 12.0 Å². The van der Waals surface area contributed by atoms with Gasteiger partial charge in [-0.3, -0.25) is 4.79 Å². The van der Waals surface area contributed by atoms with E-state index in [1.807, 2.05) is 6.07 Å². The Bertz CT molecular complexity index is 594. The summed E-state index contributed by atoms with van der Waals surface area (Å²) in [6.45, 7) is 2.02. The number of hydrogen-bond donors (Lipinski definition) is 2. The third-order valence-corrected chi connectivity index (χ3v) is 5.46. The monoisotopic (exact) mass is 419 g/mol. The second kappa shape index (κ2) is 17.4. The predicted octanol–water partition coefficient (Wildman–Crippen LogP) is 6.09. The minimum atomic E-state index is -0.597. The first kappa shape index (κ1) is 25.5. The summed E-state index contributed by atoms with van der Waals surface area (Å²) in [6, 6.07) is 8.33. The number of rotatable bonds is 15. The van der Waals surface area contributed by atoms with E-state index in [-0.39, 0.29) is 12.5 Å². The molecular weight excluding hydrogens is 382 g/mol. The van der Waals surface area contributed by atoms with Gasteiger partial charge in [0.15, 0.2) is 0 Å². The summed E-state index contributed by atoms with van der Waals surface area (Å²) in [5, 5.41) is 11.7. The first-order chi connectivity index (χ1) is 14.2. The van der Waals surface area contributed by atoms with Gasteiger partial charge in [0.1, 0.15) is 5.38 Å². The number of carbonyl (C=O) groups is 1.